The lowest BCUT2D eigenvalue weighted by atomic mass is 9.93. The van der Waals surface area contributed by atoms with E-state index in [0.29, 0.717) is 5.92 Å². The van der Waals surface area contributed by atoms with Gasteiger partial charge in [0.15, 0.2) is 0 Å². The number of benzene rings is 3. The molecule has 0 unspecified atom stereocenters. The Labute approximate surface area is 159 Å². The van der Waals surface area contributed by atoms with Crippen LogP contribution in [0.2, 0.25) is 0 Å². The van der Waals surface area contributed by atoms with Crippen molar-refractivity contribution >= 4 is 0 Å². The van der Waals surface area contributed by atoms with Gasteiger partial charge in [-0.1, -0.05) is 107 Å². The molecule has 3 aromatic carbocycles. The van der Waals surface area contributed by atoms with E-state index in [9.17, 15) is 0 Å². The third kappa shape index (κ3) is 5.33. The Kier molecular flexibility index (Phi) is 8.15. The molecule has 3 rings (SSSR count). The number of hydrogen-bond donors (Lipinski definition) is 0. The van der Waals surface area contributed by atoms with Crippen LogP contribution in [0.15, 0.2) is 78.9 Å². The number of aryl methyl sites for hydroxylation is 2. The Bertz CT molecular complexity index is 695. The maximum absolute atomic E-state index is 2.25. The van der Waals surface area contributed by atoms with Crippen LogP contribution in [0.25, 0.3) is 0 Å². The monoisotopic (exact) mass is 344 g/mol. The SMILES string of the molecule is CC(c1ccccc1)c1ccccc1.CCc1cccc(CC)c1CC. The minimum absolute atomic E-state index is 0.484. The van der Waals surface area contributed by atoms with Gasteiger partial charge in [-0.2, -0.15) is 0 Å². The first-order valence-corrected chi connectivity index (χ1v) is 9.90. The molecule has 0 aromatic heterocycles. The summed E-state index contributed by atoms with van der Waals surface area (Å²) in [4.78, 5) is 0. The molecule has 0 radical (unpaired) electrons. The second kappa shape index (κ2) is 10.6. The van der Waals surface area contributed by atoms with Crippen LogP contribution < -0.4 is 0 Å². The maximum Gasteiger partial charge on any atom is 0.00610 e. The molecule has 0 amide bonds. The third-order valence-electron chi connectivity index (χ3n) is 5.08. The lowest BCUT2D eigenvalue weighted by Crippen LogP contribution is -1.96. The van der Waals surface area contributed by atoms with Crippen molar-refractivity contribution in [2.75, 3.05) is 0 Å². The first-order valence-electron chi connectivity index (χ1n) is 9.90. The van der Waals surface area contributed by atoms with Crippen molar-refractivity contribution in [2.45, 2.75) is 52.9 Å². The second-order valence-electron chi connectivity index (χ2n) is 6.66. The van der Waals surface area contributed by atoms with Crippen LogP contribution in [0, 0.1) is 0 Å². The van der Waals surface area contributed by atoms with Crippen LogP contribution in [0.4, 0.5) is 0 Å². The van der Waals surface area contributed by atoms with E-state index in [1.807, 2.05) is 0 Å². The molecule has 3 aromatic rings. The van der Waals surface area contributed by atoms with Crippen LogP contribution in [-0.4, -0.2) is 0 Å². The van der Waals surface area contributed by atoms with Crippen molar-refractivity contribution in [1.29, 1.82) is 0 Å². The van der Waals surface area contributed by atoms with E-state index in [1.54, 1.807) is 5.56 Å². The van der Waals surface area contributed by atoms with Crippen molar-refractivity contribution in [1.82, 2.24) is 0 Å². The van der Waals surface area contributed by atoms with Crippen LogP contribution >= 0.6 is 0 Å². The lowest BCUT2D eigenvalue weighted by molar-refractivity contribution is 0.922. The van der Waals surface area contributed by atoms with Gasteiger partial charge in [0.2, 0.25) is 0 Å². The molecule has 0 heteroatoms. The topological polar surface area (TPSA) is 0 Å². The van der Waals surface area contributed by atoms with Gasteiger partial charge in [-0.25, -0.2) is 0 Å². The second-order valence-corrected chi connectivity index (χ2v) is 6.66. The van der Waals surface area contributed by atoms with Gasteiger partial charge in [0, 0.05) is 5.92 Å². The van der Waals surface area contributed by atoms with Crippen LogP contribution in [0.3, 0.4) is 0 Å². The predicted octanol–water partition coefficient (Wildman–Crippen LogP) is 7.21. The molecular weight excluding hydrogens is 312 g/mol. The summed E-state index contributed by atoms with van der Waals surface area (Å²) in [6, 6.07) is 27.9. The molecule has 0 aliphatic rings. The van der Waals surface area contributed by atoms with Crippen molar-refractivity contribution < 1.29 is 0 Å². The Balaban J connectivity index is 0.000000190. The van der Waals surface area contributed by atoms with Gasteiger partial charge in [-0.05, 0) is 47.1 Å². The van der Waals surface area contributed by atoms with E-state index < -0.39 is 0 Å². The van der Waals surface area contributed by atoms with Crippen molar-refractivity contribution in [2.24, 2.45) is 0 Å². The van der Waals surface area contributed by atoms with E-state index in [2.05, 4.69) is 107 Å². The maximum atomic E-state index is 2.25. The minimum Gasteiger partial charge on any atom is -0.0622 e. The largest absolute Gasteiger partial charge is 0.0622 e. The molecule has 0 spiro atoms. The van der Waals surface area contributed by atoms with E-state index in [-0.39, 0.29) is 0 Å². The van der Waals surface area contributed by atoms with E-state index in [1.165, 1.54) is 28.7 Å². The van der Waals surface area contributed by atoms with Gasteiger partial charge in [0.1, 0.15) is 0 Å². The van der Waals surface area contributed by atoms with Gasteiger partial charge < -0.3 is 0 Å². The highest BCUT2D eigenvalue weighted by Crippen LogP contribution is 2.23. The molecule has 0 atom stereocenters. The van der Waals surface area contributed by atoms with Gasteiger partial charge in [-0.3, -0.25) is 0 Å². The molecule has 0 aliphatic heterocycles. The fourth-order valence-corrected chi connectivity index (χ4v) is 3.48. The van der Waals surface area contributed by atoms with Gasteiger partial charge in [-0.15, -0.1) is 0 Å². The highest BCUT2D eigenvalue weighted by Gasteiger charge is 2.06. The quantitative estimate of drug-likeness (QED) is 0.458. The van der Waals surface area contributed by atoms with Crippen LogP contribution in [0.5, 0.6) is 0 Å². The molecular formula is C26H32. The Morgan fingerprint density at radius 1 is 0.538 bits per heavy atom. The van der Waals surface area contributed by atoms with Crippen molar-refractivity contribution in [3.63, 3.8) is 0 Å². The highest BCUT2D eigenvalue weighted by atomic mass is 14.1. The van der Waals surface area contributed by atoms with Crippen molar-refractivity contribution in [3.8, 4) is 0 Å². The molecule has 0 bridgehead atoms. The summed E-state index contributed by atoms with van der Waals surface area (Å²) in [7, 11) is 0. The molecule has 0 nitrogen and oxygen atoms in total. The van der Waals surface area contributed by atoms with Gasteiger partial charge >= 0.3 is 0 Å². The third-order valence-corrected chi connectivity index (χ3v) is 5.08. The lowest BCUT2D eigenvalue weighted by Gasteiger charge is -2.11. The number of rotatable bonds is 5. The molecule has 0 N–H and O–H groups in total. The summed E-state index contributed by atoms with van der Waals surface area (Å²) in [6.45, 7) is 8.94. The number of hydrogen-bond acceptors (Lipinski definition) is 0. The minimum atomic E-state index is 0.484. The summed E-state index contributed by atoms with van der Waals surface area (Å²) in [5, 5.41) is 0. The van der Waals surface area contributed by atoms with E-state index in [0.717, 1.165) is 12.8 Å². The highest BCUT2D eigenvalue weighted by molar-refractivity contribution is 5.35. The van der Waals surface area contributed by atoms with Gasteiger partial charge in [0.05, 0.1) is 0 Å². The first kappa shape index (κ1) is 20.0. The summed E-state index contributed by atoms with van der Waals surface area (Å²) < 4.78 is 0. The molecule has 0 heterocycles. The van der Waals surface area contributed by atoms with Crippen LogP contribution in [0.1, 0.15) is 61.4 Å². The normalized spacial score (nSPS) is 10.3. The summed E-state index contributed by atoms with van der Waals surface area (Å²) in [5.41, 5.74) is 7.37. The summed E-state index contributed by atoms with van der Waals surface area (Å²) in [5.74, 6) is 0.484. The van der Waals surface area contributed by atoms with Crippen LogP contribution in [-0.2, 0) is 19.3 Å². The Morgan fingerprint density at radius 3 is 1.31 bits per heavy atom. The molecule has 0 aliphatic carbocycles. The zero-order valence-corrected chi connectivity index (χ0v) is 16.7. The average molecular weight is 345 g/mol. The molecule has 0 fully saturated rings. The smallest absolute Gasteiger partial charge is 0.00610 e. The van der Waals surface area contributed by atoms with E-state index in [4.69, 9.17) is 0 Å². The molecule has 26 heavy (non-hydrogen) atoms. The predicted molar refractivity (Wildman–Crippen MR) is 115 cm³/mol. The van der Waals surface area contributed by atoms with Crippen molar-refractivity contribution in [3.05, 3.63) is 107 Å². The summed E-state index contributed by atoms with van der Waals surface area (Å²) in [6.07, 6.45) is 3.50. The molecule has 0 saturated carbocycles. The molecule has 136 valence electrons. The average Bonchev–Trinajstić information content (AvgIpc) is 2.74. The Hall–Kier alpha value is -2.34. The zero-order chi connectivity index (χ0) is 18.8. The van der Waals surface area contributed by atoms with Gasteiger partial charge in [0.25, 0.3) is 0 Å². The van der Waals surface area contributed by atoms with E-state index >= 15 is 0 Å². The standard InChI is InChI=1S/C14H14.C12H18/c1-12(13-8-4-2-5-9-13)14-10-6-3-7-11-14;1-4-10-8-7-9-11(5-2)12(10)6-3/h2-12H,1H3;7-9H,4-6H2,1-3H3. The zero-order valence-electron chi connectivity index (χ0n) is 16.7. The summed E-state index contributed by atoms with van der Waals surface area (Å²) >= 11 is 0. The fourth-order valence-electron chi connectivity index (χ4n) is 3.48. The molecule has 0 saturated heterocycles. The first-order chi connectivity index (χ1) is 12.7. The Morgan fingerprint density at radius 2 is 0.962 bits per heavy atom. The fraction of sp³-hybridized carbons (Fsp3) is 0.308.